The van der Waals surface area contributed by atoms with Crippen LogP contribution in [0.3, 0.4) is 0 Å². The molecule has 10 heteroatoms. The van der Waals surface area contributed by atoms with Crippen LogP contribution in [0, 0.1) is 11.6 Å². The number of halogens is 2. The normalized spacial score (nSPS) is 12.3. The number of nitrogens with one attached hydrogen (secondary N) is 2. The maximum absolute atomic E-state index is 14.0. The molecule has 0 unspecified atom stereocenters. The first-order valence-electron chi connectivity index (χ1n) is 9.74. The van der Waals surface area contributed by atoms with E-state index in [1.54, 1.807) is 12.1 Å². The zero-order valence-electron chi connectivity index (χ0n) is 16.8. The van der Waals surface area contributed by atoms with Crippen LogP contribution in [0.15, 0.2) is 59.8 Å². The van der Waals surface area contributed by atoms with Gasteiger partial charge in [0.05, 0.1) is 17.9 Å². The molecular formula is C22H17F2N7O. The second-order valence-electron chi connectivity index (χ2n) is 7.33. The van der Waals surface area contributed by atoms with Crippen LogP contribution in [0.2, 0.25) is 0 Å². The number of imidazole rings is 1. The number of aromatic nitrogens is 5. The quantitative estimate of drug-likeness (QED) is 0.399. The fourth-order valence-electron chi connectivity index (χ4n) is 3.77. The van der Waals surface area contributed by atoms with E-state index < -0.39 is 23.2 Å². The van der Waals surface area contributed by atoms with Crippen LogP contribution >= 0.6 is 0 Å². The molecule has 0 amide bonds. The summed E-state index contributed by atoms with van der Waals surface area (Å²) >= 11 is 0. The first-order valence-corrected chi connectivity index (χ1v) is 9.74. The van der Waals surface area contributed by atoms with E-state index in [4.69, 9.17) is 5.73 Å². The van der Waals surface area contributed by atoms with Crippen LogP contribution in [0.25, 0.3) is 27.8 Å². The lowest BCUT2D eigenvalue weighted by molar-refractivity contribution is 0.618. The summed E-state index contributed by atoms with van der Waals surface area (Å²) in [6.45, 7) is 1.83. The number of anilines is 2. The molecule has 0 fully saturated rings. The van der Waals surface area contributed by atoms with Gasteiger partial charge in [0.25, 0.3) is 5.56 Å². The molecule has 1 aromatic carbocycles. The molecule has 0 bridgehead atoms. The monoisotopic (exact) mass is 433 g/mol. The highest BCUT2D eigenvalue weighted by Crippen LogP contribution is 2.30. The molecule has 4 heterocycles. The lowest BCUT2D eigenvalue weighted by atomic mass is 9.96. The zero-order chi connectivity index (χ0) is 22.4. The van der Waals surface area contributed by atoms with Crippen molar-refractivity contribution in [2.75, 3.05) is 11.1 Å². The molecule has 4 N–H and O–H groups in total. The first-order chi connectivity index (χ1) is 15.4. The number of aromatic amines is 1. The van der Waals surface area contributed by atoms with Gasteiger partial charge < -0.3 is 16.0 Å². The van der Waals surface area contributed by atoms with Crippen LogP contribution in [0.5, 0.6) is 0 Å². The van der Waals surface area contributed by atoms with Gasteiger partial charge in [-0.15, -0.1) is 0 Å². The van der Waals surface area contributed by atoms with E-state index in [1.165, 1.54) is 41.1 Å². The minimum absolute atomic E-state index is 0.0405. The maximum Gasteiger partial charge on any atom is 0.263 e. The Kier molecular flexibility index (Phi) is 4.54. The van der Waals surface area contributed by atoms with Gasteiger partial charge >= 0.3 is 0 Å². The number of benzene rings is 1. The van der Waals surface area contributed by atoms with Crippen molar-refractivity contribution in [3.8, 4) is 11.1 Å². The van der Waals surface area contributed by atoms with Crippen molar-refractivity contribution in [3.63, 3.8) is 0 Å². The topological polar surface area (TPSA) is 114 Å². The van der Waals surface area contributed by atoms with Crippen LogP contribution in [0.4, 0.5) is 20.5 Å². The summed E-state index contributed by atoms with van der Waals surface area (Å²) in [5, 5.41) is 3.24. The van der Waals surface area contributed by atoms with E-state index in [0.717, 1.165) is 6.20 Å². The minimum atomic E-state index is -0.554. The van der Waals surface area contributed by atoms with Crippen molar-refractivity contribution in [2.24, 2.45) is 0 Å². The van der Waals surface area contributed by atoms with E-state index in [0.29, 0.717) is 33.6 Å². The van der Waals surface area contributed by atoms with E-state index in [1.807, 2.05) is 6.92 Å². The van der Waals surface area contributed by atoms with Gasteiger partial charge in [-0.2, -0.15) is 9.97 Å². The van der Waals surface area contributed by atoms with Gasteiger partial charge in [0.1, 0.15) is 17.2 Å². The zero-order valence-corrected chi connectivity index (χ0v) is 16.8. The molecule has 5 rings (SSSR count). The number of nitrogens with zero attached hydrogens (tertiary/aromatic N) is 4. The Morgan fingerprint density at radius 2 is 1.97 bits per heavy atom. The lowest BCUT2D eigenvalue weighted by Crippen LogP contribution is -2.21. The Labute approximate surface area is 179 Å². The third kappa shape index (κ3) is 3.31. The summed E-state index contributed by atoms with van der Waals surface area (Å²) in [4.78, 5) is 28.8. The van der Waals surface area contributed by atoms with E-state index >= 15 is 0 Å². The molecule has 0 saturated carbocycles. The standard InChI is InChI=1S/C22H17F2N7O/c1-11(28-20-18-19(27-10-26-18)29-22(25)30-20)16-8-15-6-5-14(24)9-31(15)21(32)17(16)12-3-2-4-13(23)7-12/h2-11H,1H3,(H4,25,26,27,28,29,30)/t11-/m0/s1. The van der Waals surface area contributed by atoms with Crippen molar-refractivity contribution < 1.29 is 8.78 Å². The van der Waals surface area contributed by atoms with Gasteiger partial charge in [0, 0.05) is 11.7 Å². The van der Waals surface area contributed by atoms with Crippen LogP contribution in [-0.2, 0) is 0 Å². The summed E-state index contributed by atoms with van der Waals surface area (Å²) in [7, 11) is 0. The summed E-state index contributed by atoms with van der Waals surface area (Å²) in [6.07, 6.45) is 2.59. The Bertz CT molecular complexity index is 1540. The predicted octanol–water partition coefficient (Wildman–Crippen LogP) is 3.67. The molecule has 4 aromatic heterocycles. The van der Waals surface area contributed by atoms with Gasteiger partial charge in [-0.3, -0.25) is 9.20 Å². The first kappa shape index (κ1) is 19.6. The Balaban J connectivity index is 1.71. The Morgan fingerprint density at radius 3 is 2.78 bits per heavy atom. The number of hydrogen-bond donors (Lipinski definition) is 3. The Morgan fingerprint density at radius 1 is 1.12 bits per heavy atom. The van der Waals surface area contributed by atoms with E-state index in [2.05, 4.69) is 25.3 Å². The molecule has 0 aliphatic heterocycles. The van der Waals surface area contributed by atoms with Gasteiger partial charge in [0.2, 0.25) is 5.95 Å². The number of H-pyrrole nitrogens is 1. The van der Waals surface area contributed by atoms with E-state index in [-0.39, 0.29) is 11.5 Å². The summed E-state index contributed by atoms with van der Waals surface area (Å²) in [6, 6.07) is 9.81. The maximum atomic E-state index is 14.0. The summed E-state index contributed by atoms with van der Waals surface area (Å²) in [5.41, 5.74) is 7.98. The van der Waals surface area contributed by atoms with Gasteiger partial charge in [-0.25, -0.2) is 13.8 Å². The molecule has 0 spiro atoms. The fraction of sp³-hybridized carbons (Fsp3) is 0.0909. The highest BCUT2D eigenvalue weighted by atomic mass is 19.1. The van der Waals surface area contributed by atoms with Crippen LogP contribution in [0.1, 0.15) is 18.5 Å². The molecule has 0 aliphatic rings. The molecule has 0 radical (unpaired) electrons. The van der Waals surface area contributed by atoms with Crippen molar-refractivity contribution >= 4 is 28.4 Å². The largest absolute Gasteiger partial charge is 0.368 e. The number of nitrogen functional groups attached to an aromatic ring is 1. The predicted molar refractivity (Wildman–Crippen MR) is 117 cm³/mol. The van der Waals surface area contributed by atoms with Gasteiger partial charge in [-0.05, 0) is 48.4 Å². The van der Waals surface area contributed by atoms with Crippen molar-refractivity contribution in [3.05, 3.63) is 82.5 Å². The van der Waals surface area contributed by atoms with Gasteiger partial charge in [0.15, 0.2) is 11.5 Å². The molecular weight excluding hydrogens is 416 g/mol. The molecule has 8 nitrogen and oxygen atoms in total. The molecule has 1 atom stereocenters. The Hall–Kier alpha value is -4.34. The minimum Gasteiger partial charge on any atom is -0.368 e. The second-order valence-corrected chi connectivity index (χ2v) is 7.33. The molecule has 160 valence electrons. The smallest absolute Gasteiger partial charge is 0.263 e. The molecule has 5 aromatic rings. The SMILES string of the molecule is C[C@H](Nc1nc(N)nc2nc[nH]c12)c1cc2ccc(F)cn2c(=O)c1-c1cccc(F)c1. The van der Waals surface area contributed by atoms with Crippen molar-refractivity contribution in [1.29, 1.82) is 0 Å². The molecule has 0 saturated heterocycles. The number of nitrogens with two attached hydrogens (primary N) is 1. The average Bonchev–Trinajstić information content (AvgIpc) is 3.22. The van der Waals surface area contributed by atoms with Gasteiger partial charge in [-0.1, -0.05) is 12.1 Å². The number of fused-ring (bicyclic) bond motifs is 2. The fourth-order valence-corrected chi connectivity index (χ4v) is 3.77. The third-order valence-corrected chi connectivity index (χ3v) is 5.20. The van der Waals surface area contributed by atoms with Crippen LogP contribution in [-0.4, -0.2) is 24.3 Å². The van der Waals surface area contributed by atoms with Crippen molar-refractivity contribution in [1.82, 2.24) is 24.3 Å². The van der Waals surface area contributed by atoms with Crippen LogP contribution < -0.4 is 16.6 Å². The second kappa shape index (κ2) is 7.41. The summed E-state index contributed by atoms with van der Waals surface area (Å²) < 4.78 is 29.1. The average molecular weight is 433 g/mol. The molecule has 32 heavy (non-hydrogen) atoms. The number of hydrogen-bond acceptors (Lipinski definition) is 6. The highest BCUT2D eigenvalue weighted by Gasteiger charge is 2.20. The number of rotatable bonds is 4. The number of pyridine rings is 2. The summed E-state index contributed by atoms with van der Waals surface area (Å²) in [5.74, 6) is -0.594. The highest BCUT2D eigenvalue weighted by molar-refractivity contribution is 5.84. The van der Waals surface area contributed by atoms with E-state index in [9.17, 15) is 13.6 Å². The third-order valence-electron chi connectivity index (χ3n) is 5.20. The molecule has 0 aliphatic carbocycles. The lowest BCUT2D eigenvalue weighted by Gasteiger charge is -2.20. The van der Waals surface area contributed by atoms with Crippen molar-refractivity contribution in [2.45, 2.75) is 13.0 Å².